The van der Waals surface area contributed by atoms with E-state index in [4.69, 9.17) is 11.6 Å². The summed E-state index contributed by atoms with van der Waals surface area (Å²) >= 11 is 6.09. The van der Waals surface area contributed by atoms with Crippen LogP contribution in [0, 0.1) is 13.8 Å². The summed E-state index contributed by atoms with van der Waals surface area (Å²) in [6.45, 7) is 7.04. The fourth-order valence-electron chi connectivity index (χ4n) is 3.24. The molecule has 0 bridgehead atoms. The van der Waals surface area contributed by atoms with Crippen molar-refractivity contribution in [3.05, 3.63) is 46.2 Å². The van der Waals surface area contributed by atoms with E-state index in [9.17, 15) is 5.11 Å². The molecule has 0 amide bonds. The maximum atomic E-state index is 10.7. The molecule has 2 aromatic rings. The van der Waals surface area contributed by atoms with E-state index in [0.29, 0.717) is 13.1 Å². The average molecular weight is 321 g/mol. The van der Waals surface area contributed by atoms with Gasteiger partial charge in [-0.3, -0.25) is 4.90 Å². The zero-order valence-electron chi connectivity index (χ0n) is 13.0. The van der Waals surface area contributed by atoms with Crippen molar-refractivity contribution >= 4 is 11.6 Å². The number of aryl methyl sites for hydroxylation is 2. The number of hydrogen-bond donors (Lipinski definition) is 1. The lowest BCUT2D eigenvalue weighted by atomic mass is 10.0. The van der Waals surface area contributed by atoms with Crippen LogP contribution in [-0.2, 0) is 13.1 Å². The molecule has 2 heterocycles. The van der Waals surface area contributed by atoms with Crippen molar-refractivity contribution in [3.63, 3.8) is 0 Å². The Morgan fingerprint density at radius 2 is 2.05 bits per heavy atom. The van der Waals surface area contributed by atoms with Crippen LogP contribution in [0.5, 0.6) is 0 Å². The summed E-state index contributed by atoms with van der Waals surface area (Å²) in [5.41, 5.74) is 2.98. The molecular formula is C16H21ClN4O. The van der Waals surface area contributed by atoms with Crippen LogP contribution >= 0.6 is 11.6 Å². The van der Waals surface area contributed by atoms with Gasteiger partial charge in [-0.2, -0.15) is 0 Å². The van der Waals surface area contributed by atoms with Gasteiger partial charge in [-0.15, -0.1) is 5.10 Å². The van der Waals surface area contributed by atoms with Gasteiger partial charge in [0.25, 0.3) is 0 Å². The number of likely N-dealkylation sites (tertiary alicyclic amines) is 1. The molecule has 1 unspecified atom stereocenters. The van der Waals surface area contributed by atoms with Gasteiger partial charge in [0, 0.05) is 30.9 Å². The van der Waals surface area contributed by atoms with Crippen LogP contribution in [-0.4, -0.2) is 43.7 Å². The van der Waals surface area contributed by atoms with Crippen LogP contribution in [0.2, 0.25) is 5.02 Å². The van der Waals surface area contributed by atoms with Crippen LogP contribution in [0.1, 0.15) is 23.1 Å². The van der Waals surface area contributed by atoms with Gasteiger partial charge in [-0.1, -0.05) is 16.8 Å². The molecule has 1 aromatic heterocycles. The second-order valence-electron chi connectivity index (χ2n) is 6.30. The van der Waals surface area contributed by atoms with E-state index in [1.807, 2.05) is 12.1 Å². The average Bonchev–Trinajstić information content (AvgIpc) is 3.04. The SMILES string of the molecule is Cc1cc(Cl)cc(C)c1CN1CCC(O)(Cn2ccnn2)C1. The number of halogens is 1. The second-order valence-corrected chi connectivity index (χ2v) is 6.74. The summed E-state index contributed by atoms with van der Waals surface area (Å²) in [6, 6.07) is 4.00. The van der Waals surface area contributed by atoms with Crippen molar-refractivity contribution in [2.45, 2.75) is 39.0 Å². The largest absolute Gasteiger partial charge is 0.387 e. The molecule has 118 valence electrons. The van der Waals surface area contributed by atoms with Crippen LogP contribution in [0.25, 0.3) is 0 Å². The van der Waals surface area contributed by atoms with Gasteiger partial charge < -0.3 is 5.11 Å². The Kier molecular flexibility index (Phi) is 4.21. The molecule has 6 heteroatoms. The molecular weight excluding hydrogens is 300 g/mol. The predicted octanol–water partition coefficient (Wildman–Crippen LogP) is 2.19. The van der Waals surface area contributed by atoms with E-state index in [1.165, 1.54) is 16.7 Å². The fraction of sp³-hybridized carbons (Fsp3) is 0.500. The Morgan fingerprint density at radius 3 is 2.68 bits per heavy atom. The van der Waals surface area contributed by atoms with E-state index in [0.717, 1.165) is 24.5 Å². The normalized spacial score (nSPS) is 22.4. The minimum absolute atomic E-state index is 0.488. The quantitative estimate of drug-likeness (QED) is 0.938. The van der Waals surface area contributed by atoms with Crippen molar-refractivity contribution in [2.24, 2.45) is 0 Å². The summed E-state index contributed by atoms with van der Waals surface area (Å²) in [7, 11) is 0. The summed E-state index contributed by atoms with van der Waals surface area (Å²) < 4.78 is 1.70. The van der Waals surface area contributed by atoms with E-state index < -0.39 is 5.60 Å². The van der Waals surface area contributed by atoms with Crippen molar-refractivity contribution < 1.29 is 5.11 Å². The van der Waals surface area contributed by atoms with Crippen molar-refractivity contribution in [3.8, 4) is 0 Å². The van der Waals surface area contributed by atoms with Gasteiger partial charge in [0.05, 0.1) is 18.3 Å². The molecule has 0 radical (unpaired) electrons. The van der Waals surface area contributed by atoms with E-state index in [-0.39, 0.29) is 0 Å². The van der Waals surface area contributed by atoms with E-state index in [1.54, 1.807) is 17.1 Å². The monoisotopic (exact) mass is 320 g/mol. The van der Waals surface area contributed by atoms with E-state index in [2.05, 4.69) is 29.1 Å². The molecule has 3 rings (SSSR count). The van der Waals surface area contributed by atoms with Crippen LogP contribution < -0.4 is 0 Å². The molecule has 1 saturated heterocycles. The van der Waals surface area contributed by atoms with E-state index >= 15 is 0 Å². The maximum absolute atomic E-state index is 10.7. The van der Waals surface area contributed by atoms with Crippen molar-refractivity contribution in [1.82, 2.24) is 19.9 Å². The molecule has 1 atom stereocenters. The lowest BCUT2D eigenvalue weighted by Gasteiger charge is -2.24. The third-order valence-electron chi connectivity index (χ3n) is 4.38. The second kappa shape index (κ2) is 5.99. The first kappa shape index (κ1) is 15.5. The first-order chi connectivity index (χ1) is 10.5. The highest BCUT2D eigenvalue weighted by atomic mass is 35.5. The standard InChI is InChI=1S/C16H21ClN4O/c1-12-7-14(17)8-13(2)15(12)9-20-5-3-16(22,10-20)11-21-6-4-18-19-21/h4,6-8,22H,3,5,9-11H2,1-2H3. The molecule has 0 saturated carbocycles. The maximum Gasteiger partial charge on any atom is 0.0981 e. The number of hydrogen-bond acceptors (Lipinski definition) is 4. The molecule has 1 aromatic carbocycles. The molecule has 1 aliphatic heterocycles. The van der Waals surface area contributed by atoms with Crippen LogP contribution in [0.15, 0.2) is 24.5 Å². The molecule has 1 fully saturated rings. The van der Waals surface area contributed by atoms with Gasteiger partial charge in [0.15, 0.2) is 0 Å². The Labute approximate surface area is 135 Å². The number of aliphatic hydroxyl groups is 1. The molecule has 0 spiro atoms. The lowest BCUT2D eigenvalue weighted by Crippen LogP contribution is -2.37. The summed E-state index contributed by atoms with van der Waals surface area (Å²) in [6.07, 6.45) is 4.17. The highest BCUT2D eigenvalue weighted by Crippen LogP contribution is 2.27. The molecule has 22 heavy (non-hydrogen) atoms. The topological polar surface area (TPSA) is 54.2 Å². The number of aromatic nitrogens is 3. The predicted molar refractivity (Wildman–Crippen MR) is 85.8 cm³/mol. The zero-order valence-corrected chi connectivity index (χ0v) is 13.7. The summed E-state index contributed by atoms with van der Waals surface area (Å²) in [5, 5.41) is 19.3. The molecule has 0 aliphatic carbocycles. The minimum Gasteiger partial charge on any atom is -0.387 e. The third-order valence-corrected chi connectivity index (χ3v) is 4.60. The summed E-state index contributed by atoms with van der Waals surface area (Å²) in [4.78, 5) is 2.29. The van der Waals surface area contributed by atoms with Crippen molar-refractivity contribution in [2.75, 3.05) is 13.1 Å². The molecule has 1 aliphatic rings. The minimum atomic E-state index is -0.734. The third kappa shape index (κ3) is 3.32. The number of benzene rings is 1. The Hall–Kier alpha value is -1.43. The Bertz CT molecular complexity index is 635. The zero-order chi connectivity index (χ0) is 15.7. The Balaban J connectivity index is 1.68. The van der Waals surface area contributed by atoms with Gasteiger partial charge in [-0.25, -0.2) is 4.68 Å². The number of β-amino-alcohol motifs (C(OH)–C–C–N with tert-alkyl or cyclic N) is 1. The molecule has 1 N–H and O–H groups in total. The highest BCUT2D eigenvalue weighted by Gasteiger charge is 2.36. The lowest BCUT2D eigenvalue weighted by molar-refractivity contribution is 0.0274. The number of nitrogens with zero attached hydrogens (tertiary/aromatic N) is 4. The van der Waals surface area contributed by atoms with Crippen LogP contribution in [0.3, 0.4) is 0 Å². The van der Waals surface area contributed by atoms with Gasteiger partial charge >= 0.3 is 0 Å². The van der Waals surface area contributed by atoms with Crippen molar-refractivity contribution in [1.29, 1.82) is 0 Å². The summed E-state index contributed by atoms with van der Waals surface area (Å²) in [5.74, 6) is 0. The van der Waals surface area contributed by atoms with Gasteiger partial charge in [0.1, 0.15) is 0 Å². The molecule has 5 nitrogen and oxygen atoms in total. The van der Waals surface area contributed by atoms with Crippen LogP contribution in [0.4, 0.5) is 0 Å². The van der Waals surface area contributed by atoms with Gasteiger partial charge in [0.2, 0.25) is 0 Å². The highest BCUT2D eigenvalue weighted by molar-refractivity contribution is 6.30. The smallest absolute Gasteiger partial charge is 0.0981 e. The Morgan fingerprint density at radius 1 is 1.32 bits per heavy atom. The number of rotatable bonds is 4. The fourth-order valence-corrected chi connectivity index (χ4v) is 3.56. The first-order valence-electron chi connectivity index (χ1n) is 7.50. The first-order valence-corrected chi connectivity index (χ1v) is 7.87. The van der Waals surface area contributed by atoms with Gasteiger partial charge in [-0.05, 0) is 49.1 Å².